The van der Waals surface area contributed by atoms with Crippen LogP contribution in [0.2, 0.25) is 10.0 Å². The second-order valence-electron chi connectivity index (χ2n) is 7.05. The summed E-state index contributed by atoms with van der Waals surface area (Å²) in [5.41, 5.74) is 3.64. The molecule has 0 bridgehead atoms. The van der Waals surface area contributed by atoms with Gasteiger partial charge in [0.2, 0.25) is 6.79 Å². The van der Waals surface area contributed by atoms with Gasteiger partial charge in [-0.25, -0.2) is 4.98 Å². The molecule has 0 amide bonds. The number of hydrogen-bond donors (Lipinski definition) is 1. The van der Waals surface area contributed by atoms with Crippen LogP contribution in [0.5, 0.6) is 11.5 Å². The minimum absolute atomic E-state index is 0.249. The fourth-order valence-electron chi connectivity index (χ4n) is 3.82. The van der Waals surface area contributed by atoms with Crippen LogP contribution >= 0.6 is 23.2 Å². The van der Waals surface area contributed by atoms with Gasteiger partial charge < -0.3 is 14.8 Å². The number of halogens is 2. The average molecular weight is 419 g/mol. The van der Waals surface area contributed by atoms with Crippen molar-refractivity contribution in [2.75, 3.05) is 33.0 Å². The molecule has 0 spiro atoms. The summed E-state index contributed by atoms with van der Waals surface area (Å²) in [6.45, 7) is 5.08. The molecule has 8 heteroatoms. The van der Waals surface area contributed by atoms with E-state index in [2.05, 4.69) is 10.2 Å². The SMILES string of the molecule is Clc1cc(Cl)c2nc(-c3ccc4c(c3)OCO4)c(CN3CCCNCC3)n2c1. The van der Waals surface area contributed by atoms with Gasteiger partial charge >= 0.3 is 0 Å². The highest BCUT2D eigenvalue weighted by molar-refractivity contribution is 6.36. The van der Waals surface area contributed by atoms with Crippen LogP contribution in [0.15, 0.2) is 30.5 Å². The lowest BCUT2D eigenvalue weighted by Crippen LogP contribution is -2.28. The molecule has 0 saturated carbocycles. The lowest BCUT2D eigenvalue weighted by molar-refractivity contribution is 0.174. The predicted octanol–water partition coefficient (Wildman–Crippen LogP) is 3.83. The van der Waals surface area contributed by atoms with Gasteiger partial charge in [0, 0.05) is 31.4 Å². The molecule has 0 atom stereocenters. The third-order valence-electron chi connectivity index (χ3n) is 5.19. The molecular weight excluding hydrogens is 399 g/mol. The molecule has 1 N–H and O–H groups in total. The van der Waals surface area contributed by atoms with Crippen LogP contribution in [0, 0.1) is 0 Å². The summed E-state index contributed by atoms with van der Waals surface area (Å²) in [5.74, 6) is 1.50. The molecule has 146 valence electrons. The number of aromatic nitrogens is 2. The maximum absolute atomic E-state index is 6.46. The molecule has 0 aliphatic carbocycles. The van der Waals surface area contributed by atoms with E-state index in [1.54, 1.807) is 6.07 Å². The highest BCUT2D eigenvalue weighted by atomic mass is 35.5. The normalized spacial score (nSPS) is 17.2. The number of pyridine rings is 1. The molecule has 1 saturated heterocycles. The van der Waals surface area contributed by atoms with Crippen molar-refractivity contribution < 1.29 is 9.47 Å². The Morgan fingerprint density at radius 3 is 2.89 bits per heavy atom. The third kappa shape index (κ3) is 3.31. The van der Waals surface area contributed by atoms with Crippen LogP contribution in [0.3, 0.4) is 0 Å². The van der Waals surface area contributed by atoms with E-state index in [1.165, 1.54) is 0 Å². The van der Waals surface area contributed by atoms with Gasteiger partial charge in [-0.3, -0.25) is 9.30 Å². The van der Waals surface area contributed by atoms with E-state index in [4.69, 9.17) is 37.7 Å². The smallest absolute Gasteiger partial charge is 0.231 e. The number of nitrogens with zero attached hydrogens (tertiary/aromatic N) is 3. The minimum Gasteiger partial charge on any atom is -0.454 e. The number of nitrogens with one attached hydrogen (secondary N) is 1. The van der Waals surface area contributed by atoms with Crippen molar-refractivity contribution in [2.24, 2.45) is 0 Å². The van der Waals surface area contributed by atoms with Crippen molar-refractivity contribution in [3.63, 3.8) is 0 Å². The Balaban J connectivity index is 1.63. The van der Waals surface area contributed by atoms with E-state index >= 15 is 0 Å². The van der Waals surface area contributed by atoms with Gasteiger partial charge in [-0.15, -0.1) is 0 Å². The first-order chi connectivity index (χ1) is 13.7. The zero-order valence-electron chi connectivity index (χ0n) is 15.3. The number of imidazole rings is 1. The standard InChI is InChI=1S/C20H20Cl2N4O2/c21-14-9-15(22)20-24-19(13-2-3-17-18(8-13)28-12-27-17)16(26(20)10-14)11-25-6-1-4-23-5-7-25/h2-3,8-10,23H,1,4-7,11-12H2. The summed E-state index contributed by atoms with van der Waals surface area (Å²) < 4.78 is 13.0. The quantitative estimate of drug-likeness (QED) is 0.700. The monoisotopic (exact) mass is 418 g/mol. The Hall–Kier alpha value is -1.99. The Bertz CT molecular complexity index is 1030. The van der Waals surface area contributed by atoms with Crippen LogP contribution < -0.4 is 14.8 Å². The van der Waals surface area contributed by atoms with Gasteiger partial charge in [0.25, 0.3) is 0 Å². The topological polar surface area (TPSA) is 51.0 Å². The Morgan fingerprint density at radius 1 is 1.07 bits per heavy atom. The third-order valence-corrected chi connectivity index (χ3v) is 5.68. The fraction of sp³-hybridized carbons (Fsp3) is 0.350. The van der Waals surface area contributed by atoms with Crippen molar-refractivity contribution in [3.8, 4) is 22.8 Å². The van der Waals surface area contributed by atoms with Crippen molar-refractivity contribution in [1.82, 2.24) is 19.6 Å². The number of benzene rings is 1. The summed E-state index contributed by atoms with van der Waals surface area (Å²) in [6.07, 6.45) is 3.01. The van der Waals surface area contributed by atoms with E-state index in [-0.39, 0.29) is 6.79 Å². The van der Waals surface area contributed by atoms with Gasteiger partial charge in [-0.2, -0.15) is 0 Å². The van der Waals surface area contributed by atoms with Crippen LogP contribution in [0.1, 0.15) is 12.1 Å². The average Bonchev–Trinajstić information content (AvgIpc) is 3.19. The zero-order valence-corrected chi connectivity index (χ0v) is 16.8. The van der Waals surface area contributed by atoms with Crippen molar-refractivity contribution in [2.45, 2.75) is 13.0 Å². The Kier molecular flexibility index (Phi) is 4.80. The lowest BCUT2D eigenvalue weighted by atomic mass is 10.1. The fourth-order valence-corrected chi connectivity index (χ4v) is 4.33. The lowest BCUT2D eigenvalue weighted by Gasteiger charge is -2.20. The summed E-state index contributed by atoms with van der Waals surface area (Å²) in [5, 5.41) is 4.58. The largest absolute Gasteiger partial charge is 0.454 e. The highest BCUT2D eigenvalue weighted by Crippen LogP contribution is 2.38. The molecule has 1 fully saturated rings. The molecule has 0 unspecified atom stereocenters. The van der Waals surface area contributed by atoms with E-state index in [0.29, 0.717) is 15.7 Å². The molecule has 28 heavy (non-hydrogen) atoms. The Morgan fingerprint density at radius 2 is 1.96 bits per heavy atom. The van der Waals surface area contributed by atoms with E-state index < -0.39 is 0 Å². The first-order valence-corrected chi connectivity index (χ1v) is 10.1. The van der Waals surface area contributed by atoms with E-state index in [9.17, 15) is 0 Å². The van der Waals surface area contributed by atoms with Gasteiger partial charge in [-0.05, 0) is 43.8 Å². The molecule has 2 aromatic heterocycles. The second-order valence-corrected chi connectivity index (χ2v) is 7.90. The van der Waals surface area contributed by atoms with Crippen LogP contribution in [-0.2, 0) is 6.54 Å². The van der Waals surface area contributed by atoms with Crippen molar-refractivity contribution in [1.29, 1.82) is 0 Å². The predicted molar refractivity (Wildman–Crippen MR) is 110 cm³/mol. The van der Waals surface area contributed by atoms with Crippen molar-refractivity contribution >= 4 is 28.8 Å². The summed E-state index contributed by atoms with van der Waals surface area (Å²) in [7, 11) is 0. The van der Waals surface area contributed by atoms with Gasteiger partial charge in [0.05, 0.1) is 21.4 Å². The molecular formula is C20H20Cl2N4O2. The van der Waals surface area contributed by atoms with Crippen LogP contribution in [0.25, 0.3) is 16.9 Å². The van der Waals surface area contributed by atoms with Gasteiger partial charge in [0.1, 0.15) is 0 Å². The Labute approximate surface area is 173 Å². The van der Waals surface area contributed by atoms with Gasteiger partial charge in [0.15, 0.2) is 17.1 Å². The maximum atomic E-state index is 6.46. The number of rotatable bonds is 3. The zero-order chi connectivity index (χ0) is 19.1. The second kappa shape index (κ2) is 7.44. The number of fused-ring (bicyclic) bond motifs is 2. The van der Waals surface area contributed by atoms with Crippen LogP contribution in [0.4, 0.5) is 0 Å². The molecule has 4 heterocycles. The molecule has 6 nitrogen and oxygen atoms in total. The number of hydrogen-bond acceptors (Lipinski definition) is 5. The first kappa shape index (κ1) is 18.1. The summed E-state index contributed by atoms with van der Waals surface area (Å²) in [6, 6.07) is 7.65. The molecule has 3 aromatic rings. The van der Waals surface area contributed by atoms with Crippen LogP contribution in [-0.4, -0.2) is 47.3 Å². The minimum atomic E-state index is 0.249. The molecule has 1 aromatic carbocycles. The molecule has 2 aliphatic heterocycles. The maximum Gasteiger partial charge on any atom is 0.231 e. The van der Waals surface area contributed by atoms with E-state index in [0.717, 1.165) is 67.6 Å². The summed E-state index contributed by atoms with van der Waals surface area (Å²) >= 11 is 12.8. The number of ether oxygens (including phenoxy) is 2. The first-order valence-electron chi connectivity index (χ1n) is 9.38. The highest BCUT2D eigenvalue weighted by Gasteiger charge is 2.22. The molecule has 2 aliphatic rings. The van der Waals surface area contributed by atoms with E-state index in [1.807, 2.05) is 28.8 Å². The summed E-state index contributed by atoms with van der Waals surface area (Å²) in [4.78, 5) is 7.31. The molecule has 0 radical (unpaired) electrons. The van der Waals surface area contributed by atoms with Gasteiger partial charge in [-0.1, -0.05) is 23.2 Å². The van der Waals surface area contributed by atoms with Crippen molar-refractivity contribution in [3.05, 3.63) is 46.2 Å². The molecule has 5 rings (SSSR count).